The van der Waals surface area contributed by atoms with Gasteiger partial charge in [-0.2, -0.15) is 4.98 Å². The molecule has 1 aromatic heterocycles. The topological polar surface area (TPSA) is 136 Å². The van der Waals surface area contributed by atoms with Crippen molar-refractivity contribution < 1.29 is 9.59 Å². The number of halogens is 1. The van der Waals surface area contributed by atoms with Gasteiger partial charge in [-0.25, -0.2) is 4.98 Å². The predicted octanol–water partition coefficient (Wildman–Crippen LogP) is 1.37. The van der Waals surface area contributed by atoms with E-state index in [0.717, 1.165) is 4.47 Å². The highest BCUT2D eigenvalue weighted by Crippen LogP contribution is 2.22. The van der Waals surface area contributed by atoms with Crippen LogP contribution < -0.4 is 22.1 Å². The average molecular weight is 379 g/mol. The minimum Gasteiger partial charge on any atom is -0.368 e. The first-order valence-corrected chi connectivity index (χ1v) is 7.41. The molecule has 2 amide bonds. The minimum atomic E-state index is -0.669. The van der Waals surface area contributed by atoms with Gasteiger partial charge in [-0.05, 0) is 25.1 Å². The fourth-order valence-corrected chi connectivity index (χ4v) is 2.09. The first-order valence-electron chi connectivity index (χ1n) is 6.62. The molecule has 6 N–H and O–H groups in total. The molecule has 2 aromatic rings. The van der Waals surface area contributed by atoms with Gasteiger partial charge >= 0.3 is 0 Å². The third kappa shape index (κ3) is 4.39. The highest BCUT2D eigenvalue weighted by atomic mass is 79.9. The van der Waals surface area contributed by atoms with Crippen molar-refractivity contribution in [2.45, 2.75) is 13.0 Å². The summed E-state index contributed by atoms with van der Waals surface area (Å²) < 4.78 is 0.859. The largest absolute Gasteiger partial charge is 0.368 e. The highest BCUT2D eigenvalue weighted by molar-refractivity contribution is 9.10. The lowest BCUT2D eigenvalue weighted by Crippen LogP contribution is -2.33. The zero-order valence-corrected chi connectivity index (χ0v) is 13.8. The smallest absolute Gasteiger partial charge is 0.254 e. The molecule has 8 nitrogen and oxygen atoms in total. The number of rotatable bonds is 6. The molecule has 1 aromatic carbocycles. The molecule has 0 saturated heterocycles. The molecule has 0 fully saturated rings. The Morgan fingerprint density at radius 3 is 2.65 bits per heavy atom. The molecule has 9 heteroatoms. The van der Waals surface area contributed by atoms with Crippen LogP contribution in [-0.4, -0.2) is 27.8 Å². The van der Waals surface area contributed by atoms with E-state index in [2.05, 4.69) is 36.5 Å². The number of nitrogens with two attached hydrogens (primary N) is 2. The normalized spacial score (nSPS) is 11.6. The lowest BCUT2D eigenvalue weighted by Gasteiger charge is -2.13. The number of anilines is 3. The van der Waals surface area contributed by atoms with Crippen molar-refractivity contribution in [1.29, 1.82) is 0 Å². The fraction of sp³-hybridized carbons (Fsp3) is 0.143. The first kappa shape index (κ1) is 16.7. The summed E-state index contributed by atoms with van der Waals surface area (Å²) in [6, 6.07) is 6.64. The van der Waals surface area contributed by atoms with Crippen LogP contribution in [0.25, 0.3) is 0 Å². The SMILES string of the molecule is C[C@@H](Nc1ncc(C(N)=O)c(Nc2cccc(Br)c2)n1)C(N)=O. The van der Waals surface area contributed by atoms with E-state index >= 15 is 0 Å². The Balaban J connectivity index is 2.34. The number of primary amides is 2. The summed E-state index contributed by atoms with van der Waals surface area (Å²) in [5, 5.41) is 5.75. The summed E-state index contributed by atoms with van der Waals surface area (Å²) in [5.74, 6) is -0.838. The summed E-state index contributed by atoms with van der Waals surface area (Å²) in [5.41, 5.74) is 11.4. The van der Waals surface area contributed by atoms with Gasteiger partial charge in [-0.15, -0.1) is 0 Å². The van der Waals surface area contributed by atoms with Crippen LogP contribution in [-0.2, 0) is 4.79 Å². The van der Waals surface area contributed by atoms with Crippen LogP contribution in [0.1, 0.15) is 17.3 Å². The second kappa shape index (κ2) is 7.05. The molecule has 0 unspecified atom stereocenters. The zero-order chi connectivity index (χ0) is 17.0. The van der Waals surface area contributed by atoms with Gasteiger partial charge in [0.15, 0.2) is 0 Å². The second-order valence-electron chi connectivity index (χ2n) is 4.72. The third-order valence-corrected chi connectivity index (χ3v) is 3.41. The average Bonchev–Trinajstić information content (AvgIpc) is 2.47. The molecule has 2 rings (SSSR count). The van der Waals surface area contributed by atoms with Gasteiger partial charge in [-0.1, -0.05) is 22.0 Å². The van der Waals surface area contributed by atoms with E-state index in [0.29, 0.717) is 5.69 Å². The molecule has 0 saturated carbocycles. The van der Waals surface area contributed by atoms with Gasteiger partial charge in [0.1, 0.15) is 17.4 Å². The number of hydrogen-bond acceptors (Lipinski definition) is 6. The Bertz CT molecular complexity index is 752. The second-order valence-corrected chi connectivity index (χ2v) is 5.64. The maximum Gasteiger partial charge on any atom is 0.254 e. The maximum atomic E-state index is 11.5. The van der Waals surface area contributed by atoms with Crippen molar-refractivity contribution in [2.24, 2.45) is 11.5 Å². The summed E-state index contributed by atoms with van der Waals surface area (Å²) in [6.45, 7) is 1.58. The maximum absolute atomic E-state index is 11.5. The van der Waals surface area contributed by atoms with Crippen LogP contribution in [0.15, 0.2) is 34.9 Å². The number of carbonyl (C=O) groups excluding carboxylic acids is 2. The lowest BCUT2D eigenvalue weighted by atomic mass is 10.2. The Kier molecular flexibility index (Phi) is 5.12. The molecule has 0 radical (unpaired) electrons. The van der Waals surface area contributed by atoms with E-state index in [9.17, 15) is 9.59 Å². The van der Waals surface area contributed by atoms with E-state index in [-0.39, 0.29) is 17.3 Å². The number of carbonyl (C=O) groups is 2. The Morgan fingerprint density at radius 2 is 2.04 bits per heavy atom. The molecule has 1 atom stereocenters. The quantitative estimate of drug-likeness (QED) is 0.599. The molecule has 120 valence electrons. The Morgan fingerprint density at radius 1 is 1.30 bits per heavy atom. The van der Waals surface area contributed by atoms with Crippen LogP contribution >= 0.6 is 15.9 Å². The van der Waals surface area contributed by atoms with Crippen LogP contribution in [0.5, 0.6) is 0 Å². The summed E-state index contributed by atoms with van der Waals surface area (Å²) in [7, 11) is 0. The van der Waals surface area contributed by atoms with E-state index in [1.807, 2.05) is 18.2 Å². The number of amides is 2. The monoisotopic (exact) mass is 378 g/mol. The number of benzene rings is 1. The summed E-state index contributed by atoms with van der Waals surface area (Å²) >= 11 is 3.36. The van der Waals surface area contributed by atoms with Crippen molar-refractivity contribution in [1.82, 2.24) is 9.97 Å². The van der Waals surface area contributed by atoms with Crippen LogP contribution in [0, 0.1) is 0 Å². The van der Waals surface area contributed by atoms with Gasteiger partial charge < -0.3 is 22.1 Å². The van der Waals surface area contributed by atoms with Crippen molar-refractivity contribution in [2.75, 3.05) is 10.6 Å². The lowest BCUT2D eigenvalue weighted by molar-refractivity contribution is -0.118. The van der Waals surface area contributed by atoms with E-state index in [4.69, 9.17) is 11.5 Å². The standard InChI is InChI=1S/C14H15BrN6O2/c1-7(11(16)22)19-14-18-6-10(12(17)23)13(21-14)20-9-4-2-3-8(15)5-9/h2-7H,1H3,(H2,16,22)(H2,17,23)(H2,18,19,20,21)/t7-/m1/s1. The molecule has 0 spiro atoms. The van der Waals surface area contributed by atoms with E-state index in [1.54, 1.807) is 13.0 Å². The Labute approximate surface area is 140 Å². The number of nitrogens with one attached hydrogen (secondary N) is 2. The number of hydrogen-bond donors (Lipinski definition) is 4. The number of nitrogens with zero attached hydrogens (tertiary/aromatic N) is 2. The molecule has 0 aliphatic heterocycles. The molecule has 0 aliphatic carbocycles. The highest BCUT2D eigenvalue weighted by Gasteiger charge is 2.15. The van der Waals surface area contributed by atoms with E-state index < -0.39 is 17.9 Å². The molecule has 0 aliphatic rings. The van der Waals surface area contributed by atoms with Gasteiger partial charge in [0.2, 0.25) is 11.9 Å². The van der Waals surface area contributed by atoms with Crippen molar-refractivity contribution >= 4 is 45.2 Å². The van der Waals surface area contributed by atoms with Crippen LogP contribution in [0.2, 0.25) is 0 Å². The van der Waals surface area contributed by atoms with Gasteiger partial charge in [0, 0.05) is 16.4 Å². The van der Waals surface area contributed by atoms with Crippen molar-refractivity contribution in [3.63, 3.8) is 0 Å². The summed E-state index contributed by atoms with van der Waals surface area (Å²) in [4.78, 5) is 30.8. The third-order valence-electron chi connectivity index (χ3n) is 2.91. The fourth-order valence-electron chi connectivity index (χ4n) is 1.69. The molecule has 1 heterocycles. The molecule has 0 bridgehead atoms. The Hall–Kier alpha value is -2.68. The van der Waals surface area contributed by atoms with Crippen molar-refractivity contribution in [3.05, 3.63) is 40.5 Å². The number of aromatic nitrogens is 2. The zero-order valence-electron chi connectivity index (χ0n) is 12.2. The molecule has 23 heavy (non-hydrogen) atoms. The van der Waals surface area contributed by atoms with Crippen molar-refractivity contribution in [3.8, 4) is 0 Å². The van der Waals surface area contributed by atoms with Gasteiger partial charge in [-0.3, -0.25) is 9.59 Å². The molecular formula is C14H15BrN6O2. The summed E-state index contributed by atoms with van der Waals surface area (Å²) in [6.07, 6.45) is 1.28. The molecular weight excluding hydrogens is 364 g/mol. The minimum absolute atomic E-state index is 0.127. The van der Waals surface area contributed by atoms with Crippen LogP contribution in [0.4, 0.5) is 17.5 Å². The van der Waals surface area contributed by atoms with Gasteiger partial charge in [0.25, 0.3) is 5.91 Å². The van der Waals surface area contributed by atoms with Crippen LogP contribution in [0.3, 0.4) is 0 Å². The first-order chi connectivity index (χ1) is 10.9. The van der Waals surface area contributed by atoms with Gasteiger partial charge in [0.05, 0.1) is 0 Å². The van der Waals surface area contributed by atoms with E-state index in [1.165, 1.54) is 6.20 Å². The predicted molar refractivity (Wildman–Crippen MR) is 90.3 cm³/mol.